The lowest BCUT2D eigenvalue weighted by atomic mass is 10.1. The Kier molecular flexibility index (Phi) is 14.5. The van der Waals surface area contributed by atoms with E-state index in [4.69, 9.17) is 4.74 Å². The van der Waals surface area contributed by atoms with Gasteiger partial charge in [0.25, 0.3) is 0 Å². The number of guanidine groups is 1. The molecule has 0 saturated carbocycles. The fourth-order valence-corrected chi connectivity index (χ4v) is 2.87. The fraction of sp³-hybridized carbons (Fsp3) is 0.941. The van der Waals surface area contributed by atoms with E-state index in [1.165, 1.54) is 51.4 Å². The summed E-state index contributed by atoms with van der Waals surface area (Å²) in [6.45, 7) is 6.16. The molecule has 0 amide bonds. The van der Waals surface area contributed by atoms with Gasteiger partial charge < -0.3 is 15.0 Å². The Bertz CT molecular complexity index is 281. The molecule has 4 nitrogen and oxygen atoms in total. The van der Waals surface area contributed by atoms with Gasteiger partial charge in [-0.2, -0.15) is 0 Å². The predicted molar refractivity (Wildman–Crippen MR) is 106 cm³/mol. The van der Waals surface area contributed by atoms with E-state index in [2.05, 4.69) is 29.2 Å². The molecule has 1 rings (SSSR count). The first-order valence-corrected chi connectivity index (χ1v) is 8.77. The largest absolute Gasteiger partial charge is 0.381 e. The SMILES string of the molecule is CCCCCCCCCNC(=NC)N(C)CC1CCOC1.I. The number of nitrogens with one attached hydrogen (secondary N) is 1. The molecule has 1 aliphatic rings. The molecule has 1 saturated heterocycles. The normalized spacial score (nSPS) is 18.1. The molecule has 0 aromatic heterocycles. The highest BCUT2D eigenvalue weighted by molar-refractivity contribution is 14.0. The lowest BCUT2D eigenvalue weighted by molar-refractivity contribution is 0.181. The van der Waals surface area contributed by atoms with Crippen LogP contribution in [0.4, 0.5) is 0 Å². The minimum atomic E-state index is 0. The highest BCUT2D eigenvalue weighted by Gasteiger charge is 2.18. The van der Waals surface area contributed by atoms with Gasteiger partial charge in [0.05, 0.1) is 6.61 Å². The molecular weight excluding hydrogens is 389 g/mol. The van der Waals surface area contributed by atoms with Crippen LogP contribution >= 0.6 is 24.0 Å². The van der Waals surface area contributed by atoms with Gasteiger partial charge in [-0.15, -0.1) is 24.0 Å². The van der Waals surface area contributed by atoms with Crippen molar-refractivity contribution in [1.82, 2.24) is 10.2 Å². The minimum absolute atomic E-state index is 0. The van der Waals surface area contributed by atoms with Crippen LogP contribution in [0.15, 0.2) is 4.99 Å². The summed E-state index contributed by atoms with van der Waals surface area (Å²) in [6, 6.07) is 0. The van der Waals surface area contributed by atoms with Crippen LogP contribution in [-0.4, -0.2) is 51.3 Å². The van der Waals surface area contributed by atoms with Crippen molar-refractivity contribution in [2.24, 2.45) is 10.9 Å². The topological polar surface area (TPSA) is 36.9 Å². The number of ether oxygens (including phenoxy) is 1. The Morgan fingerprint density at radius 1 is 1.18 bits per heavy atom. The molecule has 0 radical (unpaired) electrons. The van der Waals surface area contributed by atoms with Gasteiger partial charge in [0.1, 0.15) is 0 Å². The van der Waals surface area contributed by atoms with E-state index in [1.54, 1.807) is 0 Å². The average Bonchev–Trinajstić information content (AvgIpc) is 2.98. The summed E-state index contributed by atoms with van der Waals surface area (Å²) in [5.41, 5.74) is 0. The van der Waals surface area contributed by atoms with Gasteiger partial charge in [0, 0.05) is 39.7 Å². The van der Waals surface area contributed by atoms with Crippen LogP contribution in [0.1, 0.15) is 58.3 Å². The van der Waals surface area contributed by atoms with Crippen LogP contribution in [0.3, 0.4) is 0 Å². The Morgan fingerprint density at radius 3 is 2.45 bits per heavy atom. The summed E-state index contributed by atoms with van der Waals surface area (Å²) in [7, 11) is 3.99. The van der Waals surface area contributed by atoms with Crippen LogP contribution in [0.5, 0.6) is 0 Å². The van der Waals surface area contributed by atoms with Gasteiger partial charge in [0.2, 0.25) is 0 Å². The standard InChI is InChI=1S/C17H35N3O.HI/c1-4-5-6-7-8-9-10-12-19-17(18-2)20(3)14-16-11-13-21-15-16;/h16H,4-15H2,1-3H3,(H,18,19);1H. The zero-order chi connectivity index (χ0) is 15.3. The van der Waals surface area contributed by atoms with Gasteiger partial charge >= 0.3 is 0 Å². The van der Waals surface area contributed by atoms with Crippen molar-refractivity contribution in [3.63, 3.8) is 0 Å². The molecule has 0 bridgehead atoms. The molecular formula is C17H36IN3O. The number of hydrogen-bond acceptors (Lipinski definition) is 2. The number of nitrogens with zero attached hydrogens (tertiary/aromatic N) is 2. The zero-order valence-corrected chi connectivity index (χ0v) is 17.1. The van der Waals surface area contributed by atoms with Gasteiger partial charge in [-0.05, 0) is 12.8 Å². The van der Waals surface area contributed by atoms with Crippen molar-refractivity contribution in [2.75, 3.05) is 40.4 Å². The van der Waals surface area contributed by atoms with Crippen molar-refractivity contribution in [3.05, 3.63) is 0 Å². The van der Waals surface area contributed by atoms with E-state index in [9.17, 15) is 0 Å². The second-order valence-electron chi connectivity index (χ2n) is 6.21. The van der Waals surface area contributed by atoms with E-state index in [0.717, 1.165) is 32.3 Å². The zero-order valence-electron chi connectivity index (χ0n) is 14.8. The van der Waals surface area contributed by atoms with E-state index < -0.39 is 0 Å². The molecule has 1 fully saturated rings. The van der Waals surface area contributed by atoms with Gasteiger partial charge in [0.15, 0.2) is 5.96 Å². The molecule has 1 heterocycles. The van der Waals surface area contributed by atoms with Gasteiger partial charge in [-0.25, -0.2) is 0 Å². The van der Waals surface area contributed by atoms with Crippen molar-refractivity contribution >= 4 is 29.9 Å². The van der Waals surface area contributed by atoms with E-state index in [-0.39, 0.29) is 24.0 Å². The van der Waals surface area contributed by atoms with E-state index in [1.807, 2.05) is 7.05 Å². The van der Waals surface area contributed by atoms with Crippen LogP contribution in [0.25, 0.3) is 0 Å². The molecule has 1 atom stereocenters. The second kappa shape index (κ2) is 14.5. The Labute approximate surface area is 154 Å². The quantitative estimate of drug-likeness (QED) is 0.250. The van der Waals surface area contributed by atoms with Crippen molar-refractivity contribution < 1.29 is 4.74 Å². The Morgan fingerprint density at radius 2 is 1.86 bits per heavy atom. The molecule has 0 aromatic carbocycles. The summed E-state index contributed by atoms with van der Waals surface area (Å²) in [5.74, 6) is 1.68. The molecule has 22 heavy (non-hydrogen) atoms. The molecule has 132 valence electrons. The molecule has 1 N–H and O–H groups in total. The minimum Gasteiger partial charge on any atom is -0.381 e. The third kappa shape index (κ3) is 9.87. The van der Waals surface area contributed by atoms with Crippen molar-refractivity contribution in [3.8, 4) is 0 Å². The fourth-order valence-electron chi connectivity index (χ4n) is 2.87. The molecule has 0 aromatic rings. The number of halogens is 1. The predicted octanol–water partition coefficient (Wildman–Crippen LogP) is 3.90. The third-order valence-corrected chi connectivity index (χ3v) is 4.19. The maximum absolute atomic E-state index is 5.44. The lowest BCUT2D eigenvalue weighted by Crippen LogP contribution is -2.41. The summed E-state index contributed by atoms with van der Waals surface area (Å²) >= 11 is 0. The van der Waals surface area contributed by atoms with Crippen molar-refractivity contribution in [2.45, 2.75) is 58.3 Å². The first kappa shape index (κ1) is 22.0. The molecule has 0 aliphatic carbocycles. The van der Waals surface area contributed by atoms with Crippen LogP contribution < -0.4 is 5.32 Å². The smallest absolute Gasteiger partial charge is 0.193 e. The first-order chi connectivity index (χ1) is 10.3. The highest BCUT2D eigenvalue weighted by Crippen LogP contribution is 2.13. The lowest BCUT2D eigenvalue weighted by Gasteiger charge is -2.24. The number of aliphatic imine (C=N–C) groups is 1. The second-order valence-corrected chi connectivity index (χ2v) is 6.21. The highest BCUT2D eigenvalue weighted by atomic mass is 127. The summed E-state index contributed by atoms with van der Waals surface area (Å²) in [4.78, 5) is 6.62. The summed E-state index contributed by atoms with van der Waals surface area (Å²) in [6.07, 6.45) is 10.6. The molecule has 1 aliphatic heterocycles. The molecule has 1 unspecified atom stereocenters. The van der Waals surface area contributed by atoms with Crippen LogP contribution in [0, 0.1) is 5.92 Å². The van der Waals surface area contributed by atoms with E-state index in [0.29, 0.717) is 5.92 Å². The van der Waals surface area contributed by atoms with Gasteiger partial charge in [-0.3, -0.25) is 4.99 Å². The molecule has 5 heteroatoms. The number of unbranched alkanes of at least 4 members (excludes halogenated alkanes) is 6. The van der Waals surface area contributed by atoms with Crippen LogP contribution in [-0.2, 0) is 4.74 Å². The maximum Gasteiger partial charge on any atom is 0.193 e. The maximum atomic E-state index is 5.44. The third-order valence-electron chi connectivity index (χ3n) is 4.19. The Balaban J connectivity index is 0.00000441. The monoisotopic (exact) mass is 425 g/mol. The van der Waals surface area contributed by atoms with Gasteiger partial charge in [-0.1, -0.05) is 45.4 Å². The molecule has 0 spiro atoms. The first-order valence-electron chi connectivity index (χ1n) is 8.77. The van der Waals surface area contributed by atoms with E-state index >= 15 is 0 Å². The number of rotatable bonds is 10. The Hall–Kier alpha value is -0.0400. The van der Waals surface area contributed by atoms with Crippen molar-refractivity contribution in [1.29, 1.82) is 0 Å². The summed E-state index contributed by atoms with van der Waals surface area (Å²) < 4.78 is 5.44. The average molecular weight is 425 g/mol. The number of hydrogen-bond donors (Lipinski definition) is 1. The summed E-state index contributed by atoms with van der Waals surface area (Å²) in [5, 5.41) is 3.48. The van der Waals surface area contributed by atoms with Crippen LogP contribution in [0.2, 0.25) is 0 Å².